The summed E-state index contributed by atoms with van der Waals surface area (Å²) in [4.78, 5) is 39.6. The van der Waals surface area contributed by atoms with Crippen molar-refractivity contribution in [2.45, 2.75) is 63.9 Å². The molecule has 1 heterocycles. The van der Waals surface area contributed by atoms with Gasteiger partial charge in [-0.15, -0.1) is 0 Å². The fourth-order valence-electron chi connectivity index (χ4n) is 3.22. The molecular formula is C24H31N3O6S. The van der Waals surface area contributed by atoms with Crippen LogP contribution in [0, 0.1) is 0 Å². The standard InChI is InChI=1S/C24H31N3O6S/c1-4-6-20(7-5-2)33-24(30)22-13-10-19(16-26-22)23(29)27-34(31,32)21-11-8-18(9-12-21)14-15-25-17(3)28/h8-13,16,20H,4-7,14-15H2,1-3H3,(H,25,28)(H,27,29). The van der Waals surface area contributed by atoms with Crippen LogP contribution in [0.4, 0.5) is 0 Å². The Labute approximate surface area is 200 Å². The Bertz CT molecular complexity index is 1080. The Morgan fingerprint density at radius 1 is 1.00 bits per heavy atom. The molecule has 1 aromatic carbocycles. The van der Waals surface area contributed by atoms with Crippen LogP contribution in [0.25, 0.3) is 0 Å². The van der Waals surface area contributed by atoms with Gasteiger partial charge in [0.05, 0.1) is 10.5 Å². The van der Waals surface area contributed by atoms with Crippen molar-refractivity contribution in [1.82, 2.24) is 15.0 Å². The van der Waals surface area contributed by atoms with E-state index in [1.54, 1.807) is 12.1 Å². The average molecular weight is 490 g/mol. The van der Waals surface area contributed by atoms with Gasteiger partial charge in [-0.05, 0) is 49.1 Å². The van der Waals surface area contributed by atoms with E-state index in [0.717, 1.165) is 37.4 Å². The van der Waals surface area contributed by atoms with Gasteiger partial charge in [-0.2, -0.15) is 0 Å². The van der Waals surface area contributed by atoms with Crippen molar-refractivity contribution >= 4 is 27.8 Å². The number of rotatable bonds is 12. The number of carbonyl (C=O) groups is 3. The molecule has 34 heavy (non-hydrogen) atoms. The smallest absolute Gasteiger partial charge is 0.357 e. The van der Waals surface area contributed by atoms with E-state index in [4.69, 9.17) is 4.74 Å². The molecule has 0 unspecified atom stereocenters. The van der Waals surface area contributed by atoms with Gasteiger partial charge in [-0.3, -0.25) is 9.59 Å². The van der Waals surface area contributed by atoms with Crippen molar-refractivity contribution in [3.63, 3.8) is 0 Å². The first kappa shape index (κ1) is 27.0. The second-order valence-corrected chi connectivity index (χ2v) is 9.53. The number of nitrogens with one attached hydrogen (secondary N) is 2. The van der Waals surface area contributed by atoms with Gasteiger partial charge in [-0.1, -0.05) is 38.8 Å². The average Bonchev–Trinajstić information content (AvgIpc) is 2.79. The summed E-state index contributed by atoms with van der Waals surface area (Å²) in [6.07, 6.45) is 4.79. The zero-order valence-electron chi connectivity index (χ0n) is 19.7. The summed E-state index contributed by atoms with van der Waals surface area (Å²) in [6, 6.07) is 8.68. The molecule has 0 atom stereocenters. The molecule has 9 nitrogen and oxygen atoms in total. The third-order valence-corrected chi connectivity index (χ3v) is 6.33. The maximum atomic E-state index is 12.6. The summed E-state index contributed by atoms with van der Waals surface area (Å²) in [5, 5.41) is 2.67. The number of esters is 1. The molecular weight excluding hydrogens is 458 g/mol. The molecule has 0 fully saturated rings. The minimum absolute atomic E-state index is 0.00859. The maximum absolute atomic E-state index is 12.6. The zero-order chi connectivity index (χ0) is 25.1. The predicted molar refractivity (Wildman–Crippen MR) is 127 cm³/mol. The van der Waals surface area contributed by atoms with Crippen molar-refractivity contribution < 1.29 is 27.5 Å². The molecule has 0 saturated heterocycles. The van der Waals surface area contributed by atoms with Crippen LogP contribution in [0.1, 0.15) is 72.9 Å². The Morgan fingerprint density at radius 3 is 2.18 bits per heavy atom. The first-order valence-corrected chi connectivity index (χ1v) is 12.7. The second kappa shape index (κ2) is 12.8. The molecule has 2 N–H and O–H groups in total. The van der Waals surface area contributed by atoms with Gasteiger partial charge in [0, 0.05) is 19.7 Å². The van der Waals surface area contributed by atoms with Crippen molar-refractivity contribution in [3.05, 3.63) is 59.4 Å². The van der Waals surface area contributed by atoms with Crippen LogP contribution in [0.15, 0.2) is 47.5 Å². The van der Waals surface area contributed by atoms with Gasteiger partial charge in [0.15, 0.2) is 0 Å². The number of carbonyl (C=O) groups excluding carboxylic acids is 3. The quantitative estimate of drug-likeness (QED) is 0.438. The minimum Gasteiger partial charge on any atom is -0.458 e. The van der Waals surface area contributed by atoms with E-state index in [1.165, 1.54) is 31.2 Å². The maximum Gasteiger partial charge on any atom is 0.357 e. The molecule has 1 aromatic heterocycles. The predicted octanol–water partition coefficient (Wildman–Crippen LogP) is 3.00. The highest BCUT2D eigenvalue weighted by Gasteiger charge is 2.20. The number of pyridine rings is 1. The molecule has 0 aliphatic heterocycles. The van der Waals surface area contributed by atoms with Gasteiger partial charge in [-0.25, -0.2) is 22.9 Å². The highest BCUT2D eigenvalue weighted by atomic mass is 32.2. The third kappa shape index (κ3) is 8.26. The molecule has 0 aliphatic rings. The fourth-order valence-corrected chi connectivity index (χ4v) is 4.20. The summed E-state index contributed by atoms with van der Waals surface area (Å²) < 4.78 is 32.6. The van der Waals surface area contributed by atoms with Crippen LogP contribution in [0.2, 0.25) is 0 Å². The number of sulfonamides is 1. The molecule has 0 saturated carbocycles. The first-order chi connectivity index (χ1) is 16.2. The van der Waals surface area contributed by atoms with Crippen LogP contribution < -0.4 is 10.0 Å². The number of benzene rings is 1. The van der Waals surface area contributed by atoms with Gasteiger partial charge in [0.1, 0.15) is 11.8 Å². The highest BCUT2D eigenvalue weighted by molar-refractivity contribution is 7.90. The fraction of sp³-hybridized carbons (Fsp3) is 0.417. The summed E-state index contributed by atoms with van der Waals surface area (Å²) in [5.74, 6) is -1.58. The molecule has 2 amide bonds. The summed E-state index contributed by atoms with van der Waals surface area (Å²) >= 11 is 0. The normalized spacial score (nSPS) is 11.2. The van der Waals surface area contributed by atoms with E-state index in [1.807, 2.05) is 18.6 Å². The first-order valence-electron chi connectivity index (χ1n) is 11.2. The van der Waals surface area contributed by atoms with Gasteiger partial charge >= 0.3 is 5.97 Å². The Balaban J connectivity index is 2.00. The van der Waals surface area contributed by atoms with Crippen molar-refractivity contribution in [3.8, 4) is 0 Å². The Kier molecular flexibility index (Phi) is 10.2. The van der Waals surface area contributed by atoms with E-state index in [-0.39, 0.29) is 28.2 Å². The molecule has 10 heteroatoms. The number of aromatic nitrogens is 1. The largest absolute Gasteiger partial charge is 0.458 e. The molecule has 2 aromatic rings. The molecule has 0 spiro atoms. The van der Waals surface area contributed by atoms with E-state index in [0.29, 0.717) is 13.0 Å². The Morgan fingerprint density at radius 2 is 1.65 bits per heavy atom. The van der Waals surface area contributed by atoms with E-state index in [9.17, 15) is 22.8 Å². The second-order valence-electron chi connectivity index (χ2n) is 7.85. The summed E-state index contributed by atoms with van der Waals surface area (Å²) in [6.45, 7) is 5.88. The van der Waals surface area contributed by atoms with Crippen LogP contribution in [0.5, 0.6) is 0 Å². The Hall–Kier alpha value is -3.27. The molecule has 2 rings (SSSR count). The lowest BCUT2D eigenvalue weighted by Crippen LogP contribution is -2.30. The lowest BCUT2D eigenvalue weighted by molar-refractivity contribution is -0.118. The van der Waals surface area contributed by atoms with Crippen LogP contribution >= 0.6 is 0 Å². The van der Waals surface area contributed by atoms with E-state index in [2.05, 4.69) is 10.3 Å². The van der Waals surface area contributed by atoms with Crippen LogP contribution in [-0.4, -0.2) is 43.8 Å². The van der Waals surface area contributed by atoms with Gasteiger partial charge in [0.2, 0.25) is 5.91 Å². The lowest BCUT2D eigenvalue weighted by Gasteiger charge is -2.16. The van der Waals surface area contributed by atoms with E-state index >= 15 is 0 Å². The van der Waals surface area contributed by atoms with Crippen LogP contribution in [-0.2, 0) is 26.0 Å². The summed E-state index contributed by atoms with van der Waals surface area (Å²) in [7, 11) is -4.10. The van der Waals surface area contributed by atoms with Crippen molar-refractivity contribution in [1.29, 1.82) is 0 Å². The third-order valence-electron chi connectivity index (χ3n) is 4.98. The van der Waals surface area contributed by atoms with Crippen molar-refractivity contribution in [2.75, 3.05) is 6.54 Å². The number of hydrogen-bond acceptors (Lipinski definition) is 7. The number of hydrogen-bond donors (Lipinski definition) is 2. The minimum atomic E-state index is -4.10. The number of nitrogens with zero attached hydrogens (tertiary/aromatic N) is 1. The van der Waals surface area contributed by atoms with E-state index < -0.39 is 21.9 Å². The molecule has 0 radical (unpaired) electrons. The molecule has 184 valence electrons. The SMILES string of the molecule is CCCC(CCC)OC(=O)c1ccc(C(=O)NS(=O)(=O)c2ccc(CCNC(C)=O)cc2)cn1. The van der Waals surface area contributed by atoms with Crippen molar-refractivity contribution in [2.24, 2.45) is 0 Å². The highest BCUT2D eigenvalue weighted by Crippen LogP contribution is 2.14. The monoisotopic (exact) mass is 489 g/mol. The number of ether oxygens (including phenoxy) is 1. The zero-order valence-corrected chi connectivity index (χ0v) is 20.5. The van der Waals surface area contributed by atoms with Gasteiger partial charge in [0.25, 0.3) is 15.9 Å². The molecule has 0 bridgehead atoms. The molecule has 0 aliphatic carbocycles. The van der Waals surface area contributed by atoms with Gasteiger partial charge < -0.3 is 10.1 Å². The van der Waals surface area contributed by atoms with Crippen LogP contribution in [0.3, 0.4) is 0 Å². The number of amides is 2. The topological polar surface area (TPSA) is 132 Å². The summed E-state index contributed by atoms with van der Waals surface area (Å²) in [5.41, 5.74) is 0.878. The lowest BCUT2D eigenvalue weighted by atomic mass is 10.1.